The highest BCUT2D eigenvalue weighted by Gasteiger charge is 2.18. The minimum Gasteiger partial charge on any atom is -0.411 e. The van der Waals surface area contributed by atoms with Crippen molar-refractivity contribution >= 4 is 17.7 Å². The summed E-state index contributed by atoms with van der Waals surface area (Å²) in [5.74, 6) is -0.0280. The predicted molar refractivity (Wildman–Crippen MR) is 103 cm³/mol. The van der Waals surface area contributed by atoms with E-state index < -0.39 is 5.25 Å². The maximum Gasteiger partial charge on any atom is 0.277 e. The lowest BCUT2D eigenvalue weighted by molar-refractivity contribution is -0.120. The van der Waals surface area contributed by atoms with Gasteiger partial charge < -0.3 is 9.73 Å². The number of aryl methyl sites for hydroxylation is 2. The normalized spacial score (nSPS) is 12.0. The van der Waals surface area contributed by atoms with Crippen molar-refractivity contribution in [3.8, 4) is 11.5 Å². The van der Waals surface area contributed by atoms with E-state index in [-0.39, 0.29) is 11.7 Å². The minimum absolute atomic E-state index is 0.157. The lowest BCUT2D eigenvalue weighted by Gasteiger charge is -2.09. The highest BCUT2D eigenvalue weighted by molar-refractivity contribution is 8.00. The van der Waals surface area contributed by atoms with Crippen LogP contribution in [0.4, 0.5) is 4.39 Å². The summed E-state index contributed by atoms with van der Waals surface area (Å²) in [6, 6.07) is 12.0. The summed E-state index contributed by atoms with van der Waals surface area (Å²) < 4.78 is 18.6. The monoisotopic (exact) mass is 385 g/mol. The largest absolute Gasteiger partial charge is 0.411 e. The fourth-order valence-corrected chi connectivity index (χ4v) is 3.10. The zero-order chi connectivity index (χ0) is 19.4. The number of carbonyl (C=O) groups is 1. The van der Waals surface area contributed by atoms with E-state index in [2.05, 4.69) is 15.5 Å². The zero-order valence-electron chi connectivity index (χ0n) is 15.3. The molecule has 0 aliphatic carbocycles. The Kier molecular flexibility index (Phi) is 5.91. The van der Waals surface area contributed by atoms with Gasteiger partial charge in [0.1, 0.15) is 5.82 Å². The summed E-state index contributed by atoms with van der Waals surface area (Å²) in [6.07, 6.45) is 0. The molecule has 0 bridgehead atoms. The second-order valence-electron chi connectivity index (χ2n) is 6.28. The Bertz CT molecular complexity index is 941. The van der Waals surface area contributed by atoms with Crippen LogP contribution in [0.2, 0.25) is 0 Å². The summed E-state index contributed by atoms with van der Waals surface area (Å²) in [7, 11) is 0. The first-order valence-corrected chi connectivity index (χ1v) is 9.40. The van der Waals surface area contributed by atoms with E-state index in [0.29, 0.717) is 17.7 Å². The Morgan fingerprint density at radius 2 is 1.89 bits per heavy atom. The Morgan fingerprint density at radius 1 is 1.15 bits per heavy atom. The lowest BCUT2D eigenvalue weighted by atomic mass is 10.1. The molecular formula is C20H20FN3O2S. The highest BCUT2D eigenvalue weighted by atomic mass is 32.2. The van der Waals surface area contributed by atoms with Gasteiger partial charge in [-0.3, -0.25) is 4.79 Å². The molecule has 1 aromatic heterocycles. The average molecular weight is 385 g/mol. The molecule has 0 aliphatic rings. The first-order chi connectivity index (χ1) is 12.9. The third kappa shape index (κ3) is 4.95. The fourth-order valence-electron chi connectivity index (χ4n) is 2.39. The first kappa shape index (κ1) is 19.1. The van der Waals surface area contributed by atoms with Gasteiger partial charge in [-0.05, 0) is 61.7 Å². The van der Waals surface area contributed by atoms with E-state index >= 15 is 0 Å². The van der Waals surface area contributed by atoms with Gasteiger partial charge in [0.25, 0.3) is 5.22 Å². The molecule has 2 aromatic carbocycles. The molecule has 3 aromatic rings. The van der Waals surface area contributed by atoms with Crippen LogP contribution in [0.3, 0.4) is 0 Å². The third-order valence-electron chi connectivity index (χ3n) is 4.19. The van der Waals surface area contributed by atoms with Crippen molar-refractivity contribution in [3.63, 3.8) is 0 Å². The molecule has 3 rings (SSSR count). The van der Waals surface area contributed by atoms with Gasteiger partial charge in [0.2, 0.25) is 11.8 Å². The van der Waals surface area contributed by atoms with E-state index in [1.165, 1.54) is 29.5 Å². The van der Waals surface area contributed by atoms with Crippen LogP contribution in [-0.2, 0) is 11.3 Å². The van der Waals surface area contributed by atoms with Crippen LogP contribution in [0.25, 0.3) is 11.5 Å². The Labute approximate surface area is 161 Å². The van der Waals surface area contributed by atoms with Crippen molar-refractivity contribution in [3.05, 3.63) is 65.0 Å². The van der Waals surface area contributed by atoms with E-state index in [1.54, 1.807) is 19.1 Å². The SMILES string of the molecule is Cc1ccc(-c2nnc(S[C@H](C)C(=O)NCc3ccc(F)cc3)o2)cc1C. The molecule has 0 fully saturated rings. The third-order valence-corrected chi connectivity index (χ3v) is 5.12. The number of nitrogens with zero attached hydrogens (tertiary/aromatic N) is 2. The predicted octanol–water partition coefficient (Wildman–Crippen LogP) is 4.29. The van der Waals surface area contributed by atoms with E-state index in [0.717, 1.165) is 16.7 Å². The summed E-state index contributed by atoms with van der Waals surface area (Å²) in [6.45, 7) is 6.17. The lowest BCUT2D eigenvalue weighted by Crippen LogP contribution is -2.30. The Hall–Kier alpha value is -2.67. The van der Waals surface area contributed by atoms with Gasteiger partial charge in [-0.25, -0.2) is 4.39 Å². The van der Waals surface area contributed by atoms with Crippen molar-refractivity contribution in [2.75, 3.05) is 0 Å². The number of hydrogen-bond acceptors (Lipinski definition) is 5. The molecular weight excluding hydrogens is 365 g/mol. The second kappa shape index (κ2) is 8.35. The second-order valence-corrected chi connectivity index (χ2v) is 7.57. The maximum absolute atomic E-state index is 12.9. The molecule has 0 aliphatic heterocycles. The molecule has 0 saturated heterocycles. The molecule has 27 heavy (non-hydrogen) atoms. The van der Waals surface area contributed by atoms with Crippen molar-refractivity contribution in [1.82, 2.24) is 15.5 Å². The summed E-state index contributed by atoms with van der Waals surface area (Å²) in [5, 5.41) is 10.8. The van der Waals surface area contributed by atoms with Crippen LogP contribution in [0.5, 0.6) is 0 Å². The summed E-state index contributed by atoms with van der Waals surface area (Å²) in [5.41, 5.74) is 4.02. The topological polar surface area (TPSA) is 68.0 Å². The molecule has 5 nitrogen and oxygen atoms in total. The molecule has 7 heteroatoms. The van der Waals surface area contributed by atoms with Gasteiger partial charge in [0, 0.05) is 12.1 Å². The van der Waals surface area contributed by atoms with Crippen LogP contribution >= 0.6 is 11.8 Å². The van der Waals surface area contributed by atoms with Gasteiger partial charge in [0.15, 0.2) is 0 Å². The van der Waals surface area contributed by atoms with E-state index in [1.807, 2.05) is 32.0 Å². The molecule has 1 heterocycles. The van der Waals surface area contributed by atoms with Gasteiger partial charge in [0.05, 0.1) is 5.25 Å². The molecule has 0 radical (unpaired) electrons. The van der Waals surface area contributed by atoms with Crippen LogP contribution < -0.4 is 5.32 Å². The number of nitrogens with one attached hydrogen (secondary N) is 1. The Balaban J connectivity index is 1.58. The van der Waals surface area contributed by atoms with Crippen molar-refractivity contribution in [2.24, 2.45) is 0 Å². The fraction of sp³-hybridized carbons (Fsp3) is 0.250. The zero-order valence-corrected chi connectivity index (χ0v) is 16.1. The molecule has 1 amide bonds. The van der Waals surface area contributed by atoms with Crippen molar-refractivity contribution in [1.29, 1.82) is 0 Å². The number of amides is 1. The first-order valence-electron chi connectivity index (χ1n) is 8.52. The van der Waals surface area contributed by atoms with Crippen LogP contribution in [0, 0.1) is 19.7 Å². The molecule has 0 unspecified atom stereocenters. The quantitative estimate of drug-likeness (QED) is 0.641. The number of thioether (sulfide) groups is 1. The minimum atomic E-state index is -0.404. The van der Waals surface area contributed by atoms with Gasteiger partial charge in [-0.15, -0.1) is 10.2 Å². The Morgan fingerprint density at radius 3 is 2.59 bits per heavy atom. The average Bonchev–Trinajstić information content (AvgIpc) is 3.11. The maximum atomic E-state index is 12.9. The van der Waals surface area contributed by atoms with Gasteiger partial charge in [-0.2, -0.15) is 0 Å². The molecule has 0 saturated carbocycles. The number of carbonyl (C=O) groups excluding carboxylic acids is 1. The van der Waals surface area contributed by atoms with Crippen LogP contribution in [0.1, 0.15) is 23.6 Å². The molecule has 1 atom stereocenters. The number of halogens is 1. The summed E-state index contributed by atoms with van der Waals surface area (Å²) in [4.78, 5) is 12.3. The van der Waals surface area contributed by atoms with Crippen molar-refractivity contribution in [2.45, 2.75) is 37.8 Å². The number of hydrogen-bond donors (Lipinski definition) is 1. The number of benzene rings is 2. The molecule has 1 N–H and O–H groups in total. The van der Waals surface area contributed by atoms with E-state index in [9.17, 15) is 9.18 Å². The number of rotatable bonds is 6. The van der Waals surface area contributed by atoms with Crippen LogP contribution in [-0.4, -0.2) is 21.4 Å². The van der Waals surface area contributed by atoms with E-state index in [4.69, 9.17) is 4.42 Å². The van der Waals surface area contributed by atoms with Gasteiger partial charge in [-0.1, -0.05) is 30.0 Å². The van der Waals surface area contributed by atoms with Gasteiger partial charge >= 0.3 is 0 Å². The summed E-state index contributed by atoms with van der Waals surface area (Å²) >= 11 is 1.20. The molecule has 140 valence electrons. The smallest absolute Gasteiger partial charge is 0.277 e. The van der Waals surface area contributed by atoms with Crippen molar-refractivity contribution < 1.29 is 13.6 Å². The highest BCUT2D eigenvalue weighted by Crippen LogP contribution is 2.27. The number of aromatic nitrogens is 2. The molecule has 0 spiro atoms. The van der Waals surface area contributed by atoms with Crippen LogP contribution in [0.15, 0.2) is 52.1 Å². The standard InChI is InChI=1S/C20H20FN3O2S/c1-12-4-7-16(10-13(12)2)19-23-24-20(26-19)27-14(3)18(25)22-11-15-5-8-17(21)9-6-15/h4-10,14H,11H2,1-3H3,(H,22,25)/t14-/m1/s1.